The summed E-state index contributed by atoms with van der Waals surface area (Å²) in [6.07, 6.45) is 4.59. The molecule has 1 aliphatic heterocycles. The number of carbonyl (C=O) groups excluding carboxylic acids is 1. The van der Waals surface area contributed by atoms with Crippen molar-refractivity contribution >= 4 is 5.91 Å². The Balaban J connectivity index is 1.80. The molecule has 3 heteroatoms. The predicted octanol–water partition coefficient (Wildman–Crippen LogP) is 0.265. The lowest BCUT2D eigenvalue weighted by Gasteiger charge is -2.08. The molecule has 0 bridgehead atoms. The first kappa shape index (κ1) is 8.05. The molecule has 1 heterocycles. The van der Waals surface area contributed by atoms with Gasteiger partial charge in [0.25, 0.3) is 0 Å². The normalized spacial score (nSPS) is 30.6. The van der Waals surface area contributed by atoms with Crippen molar-refractivity contribution in [2.75, 3.05) is 13.6 Å². The quantitative estimate of drug-likeness (QED) is 0.621. The fourth-order valence-corrected chi connectivity index (χ4v) is 2.06. The van der Waals surface area contributed by atoms with Crippen LogP contribution in [0.4, 0.5) is 0 Å². The van der Waals surface area contributed by atoms with Crippen LogP contribution in [-0.2, 0) is 4.79 Å². The second-order valence-corrected chi connectivity index (χ2v) is 4.16. The minimum absolute atomic E-state index is 0.158. The third-order valence-electron chi connectivity index (χ3n) is 3.11. The average Bonchev–Trinajstić information content (AvgIpc) is 2.68. The van der Waals surface area contributed by atoms with Gasteiger partial charge in [0.15, 0.2) is 0 Å². The largest absolute Gasteiger partial charge is 0.359 e. The molecule has 2 fully saturated rings. The standard InChI is InChI=1S/C9H16N2O/c1-10-8(12)4-7-5-9(2-3-9)6-11-7/h7,11H,2-6H2,1H3,(H,10,12)/t7-/m1/s1. The highest BCUT2D eigenvalue weighted by Crippen LogP contribution is 2.52. The van der Waals surface area contributed by atoms with Gasteiger partial charge < -0.3 is 10.6 Å². The molecule has 3 nitrogen and oxygen atoms in total. The Labute approximate surface area is 72.9 Å². The molecule has 1 saturated heterocycles. The highest BCUT2D eigenvalue weighted by molar-refractivity contribution is 5.76. The first-order valence-electron chi connectivity index (χ1n) is 4.68. The van der Waals surface area contributed by atoms with E-state index in [4.69, 9.17) is 0 Å². The molecule has 12 heavy (non-hydrogen) atoms. The highest BCUT2D eigenvalue weighted by atomic mass is 16.1. The lowest BCUT2D eigenvalue weighted by Crippen LogP contribution is -2.29. The van der Waals surface area contributed by atoms with Crippen LogP contribution in [-0.4, -0.2) is 25.5 Å². The van der Waals surface area contributed by atoms with Crippen LogP contribution in [0, 0.1) is 5.41 Å². The lowest BCUT2D eigenvalue weighted by molar-refractivity contribution is -0.121. The Morgan fingerprint density at radius 1 is 1.67 bits per heavy atom. The zero-order valence-corrected chi connectivity index (χ0v) is 7.52. The van der Waals surface area contributed by atoms with Crippen LogP contribution >= 0.6 is 0 Å². The number of hydrogen-bond acceptors (Lipinski definition) is 2. The monoisotopic (exact) mass is 168 g/mol. The summed E-state index contributed by atoms with van der Waals surface area (Å²) in [6.45, 7) is 1.13. The van der Waals surface area contributed by atoms with Crippen LogP contribution in [0.5, 0.6) is 0 Å². The van der Waals surface area contributed by atoms with Gasteiger partial charge in [-0.3, -0.25) is 4.79 Å². The van der Waals surface area contributed by atoms with Crippen molar-refractivity contribution in [2.45, 2.75) is 31.7 Å². The predicted molar refractivity (Wildman–Crippen MR) is 46.8 cm³/mol. The van der Waals surface area contributed by atoms with E-state index in [0.29, 0.717) is 17.9 Å². The van der Waals surface area contributed by atoms with Gasteiger partial charge in [-0.1, -0.05) is 0 Å². The first-order chi connectivity index (χ1) is 5.74. The molecule has 0 aromatic rings. The summed E-state index contributed by atoms with van der Waals surface area (Å²) < 4.78 is 0. The number of hydrogen-bond donors (Lipinski definition) is 2. The van der Waals surface area contributed by atoms with Crippen LogP contribution < -0.4 is 10.6 Å². The van der Waals surface area contributed by atoms with E-state index in [-0.39, 0.29) is 5.91 Å². The summed E-state index contributed by atoms with van der Waals surface area (Å²) in [5.41, 5.74) is 0.610. The number of nitrogens with one attached hydrogen (secondary N) is 2. The smallest absolute Gasteiger partial charge is 0.221 e. The molecule has 0 radical (unpaired) electrons. The average molecular weight is 168 g/mol. The summed E-state index contributed by atoms with van der Waals surface area (Å²) in [5, 5.41) is 6.07. The van der Waals surface area contributed by atoms with Gasteiger partial charge in [0.05, 0.1) is 0 Å². The molecule has 2 rings (SSSR count). The maximum absolute atomic E-state index is 11.0. The summed E-state index contributed by atoms with van der Waals surface area (Å²) >= 11 is 0. The number of carbonyl (C=O) groups is 1. The summed E-state index contributed by atoms with van der Waals surface area (Å²) in [6, 6.07) is 0.437. The molecule has 1 spiro atoms. The van der Waals surface area contributed by atoms with E-state index in [2.05, 4.69) is 10.6 Å². The molecule has 2 N–H and O–H groups in total. The Morgan fingerprint density at radius 3 is 2.92 bits per heavy atom. The van der Waals surface area contributed by atoms with Gasteiger partial charge in [-0.05, 0) is 24.7 Å². The van der Waals surface area contributed by atoms with Crippen molar-refractivity contribution in [3.05, 3.63) is 0 Å². The second-order valence-electron chi connectivity index (χ2n) is 4.16. The van der Waals surface area contributed by atoms with Gasteiger partial charge in [0.2, 0.25) is 5.91 Å². The molecular formula is C9H16N2O. The molecule has 0 unspecified atom stereocenters. The van der Waals surface area contributed by atoms with Crippen LogP contribution in [0.2, 0.25) is 0 Å². The molecule has 0 aromatic carbocycles. The van der Waals surface area contributed by atoms with E-state index in [1.54, 1.807) is 7.05 Å². The molecule has 1 saturated carbocycles. The molecule has 1 aliphatic carbocycles. The van der Waals surface area contributed by atoms with Crippen molar-refractivity contribution in [2.24, 2.45) is 5.41 Å². The van der Waals surface area contributed by atoms with E-state index in [0.717, 1.165) is 6.54 Å². The van der Waals surface area contributed by atoms with E-state index in [1.165, 1.54) is 19.3 Å². The molecule has 1 atom stereocenters. The topological polar surface area (TPSA) is 41.1 Å². The Hall–Kier alpha value is -0.570. The molecule has 1 amide bonds. The van der Waals surface area contributed by atoms with Crippen molar-refractivity contribution in [1.29, 1.82) is 0 Å². The molecule has 68 valence electrons. The van der Waals surface area contributed by atoms with Crippen molar-refractivity contribution in [3.8, 4) is 0 Å². The molecule has 2 aliphatic rings. The third kappa shape index (κ3) is 1.46. The van der Waals surface area contributed by atoms with Gasteiger partial charge in [-0.15, -0.1) is 0 Å². The lowest BCUT2D eigenvalue weighted by atomic mass is 10.0. The van der Waals surface area contributed by atoms with Crippen LogP contribution in [0.25, 0.3) is 0 Å². The number of rotatable bonds is 2. The fourth-order valence-electron chi connectivity index (χ4n) is 2.06. The summed E-state index contributed by atoms with van der Waals surface area (Å²) in [4.78, 5) is 11.0. The summed E-state index contributed by atoms with van der Waals surface area (Å²) in [7, 11) is 1.70. The Kier molecular flexibility index (Phi) is 1.83. The molecule has 0 aromatic heterocycles. The molecular weight excluding hydrogens is 152 g/mol. The summed E-state index contributed by atoms with van der Waals surface area (Å²) in [5.74, 6) is 0.158. The van der Waals surface area contributed by atoms with Crippen LogP contribution in [0.15, 0.2) is 0 Å². The van der Waals surface area contributed by atoms with Gasteiger partial charge in [0, 0.05) is 26.1 Å². The van der Waals surface area contributed by atoms with Gasteiger partial charge >= 0.3 is 0 Å². The Bertz CT molecular complexity index is 199. The van der Waals surface area contributed by atoms with Gasteiger partial charge in [0.1, 0.15) is 0 Å². The maximum atomic E-state index is 11.0. The Morgan fingerprint density at radius 2 is 2.42 bits per heavy atom. The zero-order chi connectivity index (χ0) is 8.60. The minimum Gasteiger partial charge on any atom is -0.359 e. The third-order valence-corrected chi connectivity index (χ3v) is 3.11. The minimum atomic E-state index is 0.158. The second kappa shape index (κ2) is 2.73. The van der Waals surface area contributed by atoms with Crippen molar-refractivity contribution < 1.29 is 4.79 Å². The maximum Gasteiger partial charge on any atom is 0.221 e. The fraction of sp³-hybridized carbons (Fsp3) is 0.889. The van der Waals surface area contributed by atoms with Gasteiger partial charge in [-0.2, -0.15) is 0 Å². The zero-order valence-electron chi connectivity index (χ0n) is 7.52. The highest BCUT2D eigenvalue weighted by Gasteiger charge is 2.48. The van der Waals surface area contributed by atoms with E-state index in [9.17, 15) is 4.79 Å². The van der Waals surface area contributed by atoms with Crippen molar-refractivity contribution in [1.82, 2.24) is 10.6 Å². The SMILES string of the molecule is CNC(=O)C[C@@H]1CC2(CC2)CN1. The van der Waals surface area contributed by atoms with Gasteiger partial charge in [-0.25, -0.2) is 0 Å². The number of amides is 1. The van der Waals surface area contributed by atoms with Crippen LogP contribution in [0.1, 0.15) is 25.7 Å². The van der Waals surface area contributed by atoms with E-state index >= 15 is 0 Å². The van der Waals surface area contributed by atoms with E-state index in [1.807, 2.05) is 0 Å². The van der Waals surface area contributed by atoms with Crippen molar-refractivity contribution in [3.63, 3.8) is 0 Å². The first-order valence-corrected chi connectivity index (χ1v) is 4.68. The van der Waals surface area contributed by atoms with E-state index < -0.39 is 0 Å². The van der Waals surface area contributed by atoms with Crippen LogP contribution in [0.3, 0.4) is 0 Å².